The molecule has 1 aromatic carbocycles. The van der Waals surface area contributed by atoms with Crippen LogP contribution in [0.5, 0.6) is 0 Å². The second kappa shape index (κ2) is 6.55. The lowest BCUT2D eigenvalue weighted by Crippen LogP contribution is -2.27. The van der Waals surface area contributed by atoms with Gasteiger partial charge >= 0.3 is 0 Å². The number of hydrogen-bond acceptors (Lipinski definition) is 5. The lowest BCUT2D eigenvalue weighted by molar-refractivity contribution is -0.121. The van der Waals surface area contributed by atoms with Crippen molar-refractivity contribution in [3.63, 3.8) is 0 Å². The van der Waals surface area contributed by atoms with Crippen LogP contribution in [-0.4, -0.2) is 36.1 Å². The second-order valence-electron chi connectivity index (χ2n) is 5.61. The summed E-state index contributed by atoms with van der Waals surface area (Å²) in [4.78, 5) is 19.8. The molecule has 0 bridgehead atoms. The fourth-order valence-corrected chi connectivity index (χ4v) is 2.41. The van der Waals surface area contributed by atoms with Crippen molar-refractivity contribution in [2.45, 2.75) is 39.3 Å². The molecule has 23 heavy (non-hydrogen) atoms. The van der Waals surface area contributed by atoms with Crippen molar-refractivity contribution >= 4 is 16.9 Å². The quantitative estimate of drug-likeness (QED) is 0.718. The molecule has 0 aliphatic heterocycles. The average molecular weight is 313 g/mol. The van der Waals surface area contributed by atoms with Gasteiger partial charge in [-0.15, -0.1) is 5.10 Å². The van der Waals surface area contributed by atoms with Crippen LogP contribution in [-0.2, 0) is 11.3 Å². The molecule has 0 aliphatic carbocycles. The summed E-state index contributed by atoms with van der Waals surface area (Å²) in [6.07, 6.45) is 2.64. The molecular formula is C15H19N7O. The van der Waals surface area contributed by atoms with E-state index < -0.39 is 0 Å². The summed E-state index contributed by atoms with van der Waals surface area (Å²) in [7, 11) is 0. The van der Waals surface area contributed by atoms with Gasteiger partial charge in [-0.3, -0.25) is 4.79 Å². The number of hydrogen-bond donors (Lipinski definition) is 2. The Morgan fingerprint density at radius 1 is 1.43 bits per heavy atom. The second-order valence-corrected chi connectivity index (χ2v) is 5.61. The third-order valence-electron chi connectivity index (χ3n) is 3.63. The van der Waals surface area contributed by atoms with E-state index in [1.807, 2.05) is 32.0 Å². The Kier molecular flexibility index (Phi) is 4.31. The van der Waals surface area contributed by atoms with Crippen LogP contribution in [0.15, 0.2) is 24.5 Å². The van der Waals surface area contributed by atoms with Crippen molar-refractivity contribution in [1.29, 1.82) is 0 Å². The largest absolute Gasteiger partial charge is 0.346 e. The molecule has 0 saturated carbocycles. The number of aryl methyl sites for hydroxylation is 2. The van der Waals surface area contributed by atoms with Crippen molar-refractivity contribution in [2.24, 2.45) is 0 Å². The molecule has 8 heteroatoms. The number of amides is 1. The topological polar surface area (TPSA) is 101 Å². The number of benzene rings is 1. The van der Waals surface area contributed by atoms with Crippen molar-refractivity contribution < 1.29 is 4.79 Å². The number of aromatic amines is 1. The van der Waals surface area contributed by atoms with Gasteiger partial charge in [0.25, 0.3) is 0 Å². The number of H-pyrrole nitrogens is 1. The van der Waals surface area contributed by atoms with Gasteiger partial charge in [0.2, 0.25) is 5.91 Å². The highest BCUT2D eigenvalue weighted by atomic mass is 16.1. The number of nitrogens with zero attached hydrogens (tertiary/aromatic N) is 5. The van der Waals surface area contributed by atoms with Crippen LogP contribution in [0.3, 0.4) is 0 Å². The van der Waals surface area contributed by atoms with E-state index in [1.165, 1.54) is 11.9 Å². The monoisotopic (exact) mass is 313 g/mol. The van der Waals surface area contributed by atoms with E-state index in [0.29, 0.717) is 19.4 Å². The van der Waals surface area contributed by atoms with Gasteiger partial charge in [-0.05, 0) is 48.4 Å². The fourth-order valence-electron chi connectivity index (χ4n) is 2.41. The van der Waals surface area contributed by atoms with E-state index in [4.69, 9.17) is 0 Å². The van der Waals surface area contributed by atoms with Crippen LogP contribution in [0.25, 0.3) is 11.0 Å². The average Bonchev–Trinajstić information content (AvgIpc) is 3.15. The number of tetrazole rings is 1. The van der Waals surface area contributed by atoms with Gasteiger partial charge in [0.1, 0.15) is 12.2 Å². The number of aromatic nitrogens is 6. The SMILES string of the molecule is Cc1ccc2nc(C(C)NC(=O)CCCn3cnnn3)[nH]c2c1. The minimum Gasteiger partial charge on any atom is -0.346 e. The number of rotatable bonds is 6. The molecule has 1 atom stereocenters. The lowest BCUT2D eigenvalue weighted by Gasteiger charge is -2.11. The molecular weight excluding hydrogens is 294 g/mol. The summed E-state index contributed by atoms with van der Waals surface area (Å²) in [6.45, 7) is 4.58. The molecule has 1 amide bonds. The predicted molar refractivity (Wildman–Crippen MR) is 84.4 cm³/mol. The highest BCUT2D eigenvalue weighted by molar-refractivity contribution is 5.77. The van der Waals surface area contributed by atoms with E-state index >= 15 is 0 Å². The minimum absolute atomic E-state index is 0.0118. The Bertz CT molecular complexity index is 793. The highest BCUT2D eigenvalue weighted by Gasteiger charge is 2.13. The molecule has 0 saturated heterocycles. The first-order valence-electron chi connectivity index (χ1n) is 7.58. The Hall–Kier alpha value is -2.77. The predicted octanol–water partition coefficient (Wildman–Crippen LogP) is 1.52. The van der Waals surface area contributed by atoms with Gasteiger partial charge in [0, 0.05) is 13.0 Å². The maximum absolute atomic E-state index is 12.0. The van der Waals surface area contributed by atoms with E-state index in [0.717, 1.165) is 16.9 Å². The van der Waals surface area contributed by atoms with Gasteiger partial charge in [-0.2, -0.15) is 0 Å². The molecule has 0 aliphatic rings. The zero-order valence-corrected chi connectivity index (χ0v) is 13.2. The first-order chi connectivity index (χ1) is 11.1. The molecule has 0 fully saturated rings. The Balaban J connectivity index is 1.54. The van der Waals surface area contributed by atoms with Crippen molar-refractivity contribution in [3.8, 4) is 0 Å². The number of carbonyl (C=O) groups excluding carboxylic acids is 1. The summed E-state index contributed by atoms with van der Waals surface area (Å²) in [5, 5.41) is 13.8. The first-order valence-corrected chi connectivity index (χ1v) is 7.58. The fraction of sp³-hybridized carbons (Fsp3) is 0.400. The van der Waals surface area contributed by atoms with Crippen LogP contribution in [0.1, 0.15) is 37.2 Å². The molecule has 1 unspecified atom stereocenters. The van der Waals surface area contributed by atoms with Crippen LogP contribution >= 0.6 is 0 Å². The zero-order valence-electron chi connectivity index (χ0n) is 13.2. The maximum atomic E-state index is 12.0. The standard InChI is InChI=1S/C15H19N7O/c1-10-5-6-12-13(8-10)19-15(18-12)11(2)17-14(23)4-3-7-22-9-16-20-21-22/h5-6,8-9,11H,3-4,7H2,1-2H3,(H,17,23)(H,18,19). The molecule has 0 spiro atoms. The molecule has 8 nitrogen and oxygen atoms in total. The maximum Gasteiger partial charge on any atom is 0.220 e. The van der Waals surface area contributed by atoms with Crippen molar-refractivity contribution in [2.75, 3.05) is 0 Å². The smallest absolute Gasteiger partial charge is 0.220 e. The van der Waals surface area contributed by atoms with E-state index in [-0.39, 0.29) is 11.9 Å². The van der Waals surface area contributed by atoms with Crippen LogP contribution in [0.2, 0.25) is 0 Å². The normalized spacial score (nSPS) is 12.4. The number of fused-ring (bicyclic) bond motifs is 1. The summed E-state index contributed by atoms with van der Waals surface area (Å²) >= 11 is 0. The molecule has 2 N–H and O–H groups in total. The molecule has 0 radical (unpaired) electrons. The van der Waals surface area contributed by atoms with Gasteiger partial charge < -0.3 is 10.3 Å². The molecule has 2 aromatic heterocycles. The zero-order chi connectivity index (χ0) is 16.2. The molecule has 2 heterocycles. The summed E-state index contributed by atoms with van der Waals surface area (Å²) in [5.74, 6) is 0.752. The number of carbonyl (C=O) groups is 1. The highest BCUT2D eigenvalue weighted by Crippen LogP contribution is 2.17. The van der Waals surface area contributed by atoms with Crippen LogP contribution in [0.4, 0.5) is 0 Å². The van der Waals surface area contributed by atoms with Gasteiger partial charge in [0.15, 0.2) is 0 Å². The van der Waals surface area contributed by atoms with Crippen molar-refractivity contribution in [3.05, 3.63) is 35.9 Å². The Morgan fingerprint density at radius 3 is 3.09 bits per heavy atom. The van der Waals surface area contributed by atoms with Gasteiger partial charge in [-0.25, -0.2) is 9.67 Å². The third kappa shape index (κ3) is 3.71. The van der Waals surface area contributed by atoms with E-state index in [2.05, 4.69) is 30.8 Å². The number of imidazole rings is 1. The van der Waals surface area contributed by atoms with E-state index in [9.17, 15) is 4.79 Å². The third-order valence-corrected chi connectivity index (χ3v) is 3.63. The minimum atomic E-state index is -0.164. The Labute approximate surface area is 133 Å². The summed E-state index contributed by atoms with van der Waals surface area (Å²) in [6, 6.07) is 5.89. The Morgan fingerprint density at radius 2 is 2.30 bits per heavy atom. The summed E-state index contributed by atoms with van der Waals surface area (Å²) in [5.41, 5.74) is 3.07. The lowest BCUT2D eigenvalue weighted by atomic mass is 10.2. The van der Waals surface area contributed by atoms with E-state index in [1.54, 1.807) is 4.68 Å². The van der Waals surface area contributed by atoms with Crippen molar-refractivity contribution in [1.82, 2.24) is 35.5 Å². The van der Waals surface area contributed by atoms with Crippen LogP contribution < -0.4 is 5.32 Å². The van der Waals surface area contributed by atoms with Gasteiger partial charge in [-0.1, -0.05) is 6.07 Å². The molecule has 3 aromatic rings. The number of nitrogens with one attached hydrogen (secondary N) is 2. The molecule has 120 valence electrons. The summed E-state index contributed by atoms with van der Waals surface area (Å²) < 4.78 is 1.61. The van der Waals surface area contributed by atoms with Crippen LogP contribution in [0, 0.1) is 6.92 Å². The van der Waals surface area contributed by atoms with Gasteiger partial charge in [0.05, 0.1) is 17.1 Å². The first kappa shape index (κ1) is 15.1. The molecule has 3 rings (SSSR count).